The minimum absolute atomic E-state index is 0.0752. The molecule has 0 unspecified atom stereocenters. The molecule has 138 valence electrons. The van der Waals surface area contributed by atoms with Crippen molar-refractivity contribution in [3.8, 4) is 0 Å². The summed E-state index contributed by atoms with van der Waals surface area (Å²) in [6.07, 6.45) is 0.983. The van der Waals surface area contributed by atoms with Gasteiger partial charge in [0.2, 0.25) is 5.69 Å². The number of nitrogens with zero attached hydrogens (tertiary/aromatic N) is 4. The number of aliphatic carboxylic acids is 1. The molecule has 11 nitrogen and oxygen atoms in total. The summed E-state index contributed by atoms with van der Waals surface area (Å²) in [5, 5.41) is 26.1. The molecule has 2 N–H and O–H groups in total. The standard InChI is InChI=1S/C14H15N5O6S/c1-3-17-10(7(4-15-17)19(24)25)11(20)16-8-12(21)18-9(14(22)23)6(2)5-26-13(8)18/h4,8,13H,3,5H2,1-2H3,(H,16,20)(H,22,23)/t8-,13+/m0/s1. The number of carbonyl (C=O) groups excluding carboxylic acids is 2. The van der Waals surface area contributed by atoms with Gasteiger partial charge in [-0.2, -0.15) is 5.10 Å². The van der Waals surface area contributed by atoms with Gasteiger partial charge in [-0.05, 0) is 19.4 Å². The number of aromatic nitrogens is 2. The number of carboxylic acids is 1. The van der Waals surface area contributed by atoms with Crippen molar-refractivity contribution >= 4 is 35.2 Å². The summed E-state index contributed by atoms with van der Waals surface area (Å²) >= 11 is 1.33. The molecule has 0 bridgehead atoms. The predicted molar refractivity (Wildman–Crippen MR) is 89.2 cm³/mol. The molecule has 2 aliphatic heterocycles. The molecule has 1 aromatic heterocycles. The highest BCUT2D eigenvalue weighted by atomic mass is 32.2. The number of β-lactam (4-membered cyclic amide) rings is 1. The van der Waals surface area contributed by atoms with E-state index in [1.165, 1.54) is 16.4 Å². The molecule has 0 radical (unpaired) electrons. The van der Waals surface area contributed by atoms with E-state index in [9.17, 15) is 29.6 Å². The Morgan fingerprint density at radius 1 is 1.54 bits per heavy atom. The molecule has 1 saturated heterocycles. The van der Waals surface area contributed by atoms with Crippen LogP contribution in [0.25, 0.3) is 0 Å². The van der Waals surface area contributed by atoms with Gasteiger partial charge < -0.3 is 10.4 Å². The Morgan fingerprint density at radius 2 is 2.23 bits per heavy atom. The fraction of sp³-hybridized carbons (Fsp3) is 0.429. The number of amides is 2. The quantitative estimate of drug-likeness (QED) is 0.417. The van der Waals surface area contributed by atoms with Crippen LogP contribution in [0.2, 0.25) is 0 Å². The smallest absolute Gasteiger partial charge is 0.352 e. The second kappa shape index (κ2) is 6.44. The van der Waals surface area contributed by atoms with Crippen molar-refractivity contribution in [2.75, 3.05) is 5.75 Å². The molecule has 3 rings (SSSR count). The molecule has 0 aliphatic carbocycles. The molecule has 1 aromatic rings. The van der Waals surface area contributed by atoms with Crippen LogP contribution in [0.1, 0.15) is 24.3 Å². The number of fused-ring (bicyclic) bond motifs is 1. The van der Waals surface area contributed by atoms with E-state index in [2.05, 4.69) is 10.4 Å². The number of carboxylic acid groups (broad SMARTS) is 1. The van der Waals surface area contributed by atoms with Crippen LogP contribution >= 0.6 is 11.8 Å². The lowest BCUT2D eigenvalue weighted by molar-refractivity contribution is -0.385. The molecule has 26 heavy (non-hydrogen) atoms. The van der Waals surface area contributed by atoms with Gasteiger partial charge in [-0.15, -0.1) is 11.8 Å². The zero-order valence-corrected chi connectivity index (χ0v) is 14.6. The average molecular weight is 381 g/mol. The Bertz CT molecular complexity index is 862. The average Bonchev–Trinajstić information content (AvgIpc) is 3.03. The molecular formula is C14H15N5O6S. The lowest BCUT2D eigenvalue weighted by atomic mass is 10.0. The number of carbonyl (C=O) groups is 3. The number of aryl methyl sites for hydroxylation is 1. The van der Waals surface area contributed by atoms with Gasteiger partial charge in [0.15, 0.2) is 0 Å². The normalized spacial score (nSPS) is 21.9. The van der Waals surface area contributed by atoms with Crippen LogP contribution in [0.5, 0.6) is 0 Å². The number of nitrogens with one attached hydrogen (secondary N) is 1. The van der Waals surface area contributed by atoms with E-state index in [1.807, 2.05) is 0 Å². The molecule has 12 heteroatoms. The van der Waals surface area contributed by atoms with E-state index in [0.717, 1.165) is 11.1 Å². The van der Waals surface area contributed by atoms with Crippen LogP contribution in [0.15, 0.2) is 17.5 Å². The van der Waals surface area contributed by atoms with Gasteiger partial charge >= 0.3 is 11.7 Å². The fourth-order valence-electron chi connectivity index (χ4n) is 2.97. The maximum Gasteiger partial charge on any atom is 0.352 e. The molecule has 0 aromatic carbocycles. The van der Waals surface area contributed by atoms with Crippen molar-refractivity contribution in [1.29, 1.82) is 0 Å². The minimum Gasteiger partial charge on any atom is -0.477 e. The van der Waals surface area contributed by atoms with Gasteiger partial charge in [-0.3, -0.25) is 29.3 Å². The first-order chi connectivity index (χ1) is 12.3. The second-order valence-electron chi connectivity index (χ2n) is 5.75. The maximum absolute atomic E-state index is 12.5. The SMILES string of the molecule is CCn1ncc([N+](=O)[O-])c1C(=O)N[C@H]1C(=O)N2C(C(=O)O)=C(C)CS[C@H]12. The van der Waals surface area contributed by atoms with Crippen LogP contribution < -0.4 is 5.32 Å². The Labute approximate surface area is 151 Å². The van der Waals surface area contributed by atoms with Crippen molar-refractivity contribution in [3.05, 3.63) is 33.3 Å². The highest BCUT2D eigenvalue weighted by molar-refractivity contribution is 8.00. The molecule has 0 spiro atoms. The summed E-state index contributed by atoms with van der Waals surface area (Å²) in [5.41, 5.74) is -0.202. The third kappa shape index (κ3) is 2.62. The summed E-state index contributed by atoms with van der Waals surface area (Å²) in [6, 6.07) is -0.949. The van der Waals surface area contributed by atoms with E-state index < -0.39 is 39.8 Å². The Kier molecular flexibility index (Phi) is 4.44. The van der Waals surface area contributed by atoms with Crippen molar-refractivity contribution in [3.63, 3.8) is 0 Å². The molecule has 2 amide bonds. The van der Waals surface area contributed by atoms with Gasteiger partial charge in [0.05, 0.1) is 4.92 Å². The molecule has 0 saturated carbocycles. The number of thioether (sulfide) groups is 1. The molecule has 2 atom stereocenters. The zero-order valence-electron chi connectivity index (χ0n) is 13.8. The second-order valence-corrected chi connectivity index (χ2v) is 6.85. The van der Waals surface area contributed by atoms with Crippen molar-refractivity contribution in [2.24, 2.45) is 0 Å². The third-order valence-electron chi connectivity index (χ3n) is 4.18. The summed E-state index contributed by atoms with van der Waals surface area (Å²) in [5.74, 6) is -2.14. The predicted octanol–water partition coefficient (Wildman–Crippen LogP) is 0.183. The van der Waals surface area contributed by atoms with E-state index in [1.54, 1.807) is 13.8 Å². The van der Waals surface area contributed by atoms with Crippen molar-refractivity contribution < 1.29 is 24.4 Å². The number of hydrogen-bond acceptors (Lipinski definition) is 7. The maximum atomic E-state index is 12.5. The number of hydrogen-bond donors (Lipinski definition) is 2. The molecule has 2 aliphatic rings. The molecule has 3 heterocycles. The van der Waals surface area contributed by atoms with E-state index in [-0.39, 0.29) is 17.9 Å². The van der Waals surface area contributed by atoms with Crippen LogP contribution in [0.4, 0.5) is 5.69 Å². The van der Waals surface area contributed by atoms with Crippen LogP contribution in [0.3, 0.4) is 0 Å². The topological polar surface area (TPSA) is 148 Å². The Morgan fingerprint density at radius 3 is 2.81 bits per heavy atom. The number of nitro groups is 1. The van der Waals surface area contributed by atoms with Crippen LogP contribution in [-0.4, -0.2) is 59.7 Å². The monoisotopic (exact) mass is 381 g/mol. The first-order valence-corrected chi connectivity index (χ1v) is 8.71. The third-order valence-corrected chi connectivity index (χ3v) is 5.60. The van der Waals surface area contributed by atoms with E-state index in [0.29, 0.717) is 11.3 Å². The highest BCUT2D eigenvalue weighted by Crippen LogP contribution is 2.40. The summed E-state index contributed by atoms with van der Waals surface area (Å²) in [7, 11) is 0. The highest BCUT2D eigenvalue weighted by Gasteiger charge is 2.54. The van der Waals surface area contributed by atoms with E-state index >= 15 is 0 Å². The zero-order chi connectivity index (χ0) is 19.2. The molecular weight excluding hydrogens is 366 g/mol. The van der Waals surface area contributed by atoms with Crippen molar-refractivity contribution in [2.45, 2.75) is 31.8 Å². The summed E-state index contributed by atoms with van der Waals surface area (Å²) in [4.78, 5) is 47.8. The minimum atomic E-state index is -1.20. The lowest BCUT2D eigenvalue weighted by Gasteiger charge is -2.49. The lowest BCUT2D eigenvalue weighted by Crippen LogP contribution is -2.70. The van der Waals surface area contributed by atoms with Crippen molar-refractivity contribution in [1.82, 2.24) is 20.0 Å². The Balaban J connectivity index is 1.83. The first kappa shape index (κ1) is 17.9. The van der Waals surface area contributed by atoms with Gasteiger partial charge in [0.1, 0.15) is 23.3 Å². The summed E-state index contributed by atoms with van der Waals surface area (Å²) in [6.45, 7) is 3.55. The van der Waals surface area contributed by atoms with Gasteiger partial charge in [0, 0.05) is 12.3 Å². The van der Waals surface area contributed by atoms with Gasteiger partial charge in [-0.1, -0.05) is 0 Å². The van der Waals surface area contributed by atoms with Crippen LogP contribution in [-0.2, 0) is 16.1 Å². The first-order valence-electron chi connectivity index (χ1n) is 7.66. The van der Waals surface area contributed by atoms with Crippen LogP contribution in [0, 0.1) is 10.1 Å². The van der Waals surface area contributed by atoms with E-state index in [4.69, 9.17) is 0 Å². The summed E-state index contributed by atoms with van der Waals surface area (Å²) < 4.78 is 1.18. The van der Waals surface area contributed by atoms with Gasteiger partial charge in [0.25, 0.3) is 11.8 Å². The largest absolute Gasteiger partial charge is 0.477 e. The fourth-order valence-corrected chi connectivity index (χ4v) is 4.26. The Hall–Kier alpha value is -2.89. The van der Waals surface area contributed by atoms with Gasteiger partial charge in [-0.25, -0.2) is 4.79 Å². The number of rotatable bonds is 5. The molecule has 1 fully saturated rings.